The first-order valence-corrected chi connectivity index (χ1v) is 9.02. The number of anilines is 1. The highest BCUT2D eigenvalue weighted by Gasteiger charge is 2.19. The van der Waals surface area contributed by atoms with Crippen LogP contribution in [0.15, 0.2) is 18.2 Å². The first kappa shape index (κ1) is 16.3. The van der Waals surface area contributed by atoms with E-state index in [0.717, 1.165) is 43.1 Å². The molecular weight excluding hydrogens is 291 g/mol. The third-order valence-corrected chi connectivity index (χ3v) is 5.24. The topological polar surface area (TPSA) is 32.3 Å². The first-order chi connectivity index (χ1) is 11.2. The lowest BCUT2D eigenvalue weighted by Crippen LogP contribution is -2.34. The van der Waals surface area contributed by atoms with Crippen LogP contribution in [0.5, 0.6) is 0 Å². The van der Waals surface area contributed by atoms with Crippen molar-refractivity contribution in [2.45, 2.75) is 51.4 Å². The Morgan fingerprint density at radius 2 is 2.09 bits per heavy atom. The molecule has 3 nitrogen and oxygen atoms in total. The predicted molar refractivity (Wildman–Crippen MR) is 91.1 cm³/mol. The molecule has 1 aromatic carbocycles. The molecule has 0 spiro atoms. The van der Waals surface area contributed by atoms with E-state index in [0.29, 0.717) is 13.0 Å². The summed E-state index contributed by atoms with van der Waals surface area (Å²) >= 11 is 0. The van der Waals surface area contributed by atoms with Crippen LogP contribution in [0.1, 0.15) is 50.5 Å². The molecule has 23 heavy (non-hydrogen) atoms. The van der Waals surface area contributed by atoms with Crippen molar-refractivity contribution in [3.8, 4) is 0 Å². The predicted octanol–water partition coefficient (Wildman–Crippen LogP) is 3.66. The number of nitrogens with zero attached hydrogens (tertiary/aromatic N) is 1. The summed E-state index contributed by atoms with van der Waals surface area (Å²) in [7, 11) is 0. The molecule has 1 amide bonds. The zero-order valence-corrected chi connectivity index (χ0v) is 13.8. The van der Waals surface area contributed by atoms with Gasteiger partial charge in [0.2, 0.25) is 5.91 Å². The smallest absolute Gasteiger partial charge is 0.220 e. The molecule has 0 aromatic heterocycles. The van der Waals surface area contributed by atoms with Crippen LogP contribution in [-0.2, 0) is 11.2 Å². The minimum atomic E-state index is -0.165. The van der Waals surface area contributed by atoms with E-state index in [9.17, 15) is 9.18 Å². The lowest BCUT2D eigenvalue weighted by atomic mass is 9.86. The number of hydrogen-bond donors (Lipinski definition) is 1. The van der Waals surface area contributed by atoms with Crippen LogP contribution >= 0.6 is 0 Å². The largest absolute Gasteiger partial charge is 0.369 e. The molecule has 2 aliphatic rings. The van der Waals surface area contributed by atoms with E-state index in [1.807, 2.05) is 6.07 Å². The van der Waals surface area contributed by atoms with Crippen molar-refractivity contribution < 1.29 is 9.18 Å². The molecule has 126 valence electrons. The number of carbonyl (C=O) groups is 1. The number of benzene rings is 1. The zero-order valence-electron chi connectivity index (χ0n) is 13.8. The molecule has 0 atom stereocenters. The van der Waals surface area contributed by atoms with Crippen molar-refractivity contribution >= 4 is 11.6 Å². The second-order valence-corrected chi connectivity index (χ2v) is 6.90. The fraction of sp³-hybridized carbons (Fsp3) is 0.632. The number of fused-ring (bicyclic) bond motifs is 1. The van der Waals surface area contributed by atoms with Crippen LogP contribution in [0.25, 0.3) is 0 Å². The van der Waals surface area contributed by atoms with Gasteiger partial charge in [0.25, 0.3) is 0 Å². The molecule has 0 unspecified atom stereocenters. The minimum absolute atomic E-state index is 0.165. The van der Waals surface area contributed by atoms with E-state index in [1.165, 1.54) is 38.2 Å². The van der Waals surface area contributed by atoms with Crippen LogP contribution in [-0.4, -0.2) is 25.5 Å². The van der Waals surface area contributed by atoms with E-state index in [-0.39, 0.29) is 11.7 Å². The molecule has 1 aromatic rings. The van der Waals surface area contributed by atoms with Gasteiger partial charge < -0.3 is 10.2 Å². The number of nitrogens with one attached hydrogen (secondary N) is 1. The Balaban J connectivity index is 1.36. The van der Waals surface area contributed by atoms with Crippen molar-refractivity contribution in [3.05, 3.63) is 29.6 Å². The summed E-state index contributed by atoms with van der Waals surface area (Å²) < 4.78 is 13.2. The van der Waals surface area contributed by atoms with Gasteiger partial charge in [-0.2, -0.15) is 0 Å². The average Bonchev–Trinajstić information content (AvgIpc) is 2.96. The molecular formula is C19H27FN2O. The van der Waals surface area contributed by atoms with Gasteiger partial charge >= 0.3 is 0 Å². The maximum absolute atomic E-state index is 13.2. The number of carbonyl (C=O) groups excluding carboxylic acids is 1. The summed E-state index contributed by atoms with van der Waals surface area (Å²) in [6, 6.07) is 4.99. The second kappa shape index (κ2) is 7.80. The number of hydrogen-bond acceptors (Lipinski definition) is 2. The van der Waals surface area contributed by atoms with Crippen molar-refractivity contribution in [1.82, 2.24) is 5.32 Å². The number of rotatable bonds is 6. The molecule has 0 bridgehead atoms. The van der Waals surface area contributed by atoms with Gasteiger partial charge in [0.1, 0.15) is 5.82 Å². The normalized spacial score (nSPS) is 18.0. The standard InChI is InChI=1S/C19H27FN2O/c20-17-7-8-18-16(14-17)10-12-22(18)13-11-21-19(23)9-6-15-4-2-1-3-5-15/h7-8,14-15H,1-6,9-13H2,(H,21,23). The van der Waals surface area contributed by atoms with Crippen LogP contribution in [0.2, 0.25) is 0 Å². The van der Waals surface area contributed by atoms with Crippen LogP contribution < -0.4 is 10.2 Å². The van der Waals surface area contributed by atoms with E-state index in [1.54, 1.807) is 6.07 Å². The van der Waals surface area contributed by atoms with Gasteiger partial charge in [-0.05, 0) is 42.5 Å². The quantitative estimate of drug-likeness (QED) is 0.868. The summed E-state index contributed by atoms with van der Waals surface area (Å²) in [5, 5.41) is 3.04. The van der Waals surface area contributed by atoms with E-state index in [4.69, 9.17) is 0 Å². The summed E-state index contributed by atoms with van der Waals surface area (Å²) in [6.45, 7) is 2.38. The fourth-order valence-electron chi connectivity index (χ4n) is 3.90. The first-order valence-electron chi connectivity index (χ1n) is 9.02. The highest BCUT2D eigenvalue weighted by molar-refractivity contribution is 5.75. The maximum atomic E-state index is 13.2. The molecule has 1 aliphatic heterocycles. The Morgan fingerprint density at radius 1 is 1.26 bits per heavy atom. The highest BCUT2D eigenvalue weighted by atomic mass is 19.1. The highest BCUT2D eigenvalue weighted by Crippen LogP contribution is 2.28. The molecule has 1 saturated carbocycles. The number of amides is 1. The van der Waals surface area contributed by atoms with Gasteiger partial charge in [0.05, 0.1) is 0 Å². The van der Waals surface area contributed by atoms with Gasteiger partial charge in [-0.15, -0.1) is 0 Å². The molecule has 1 heterocycles. The Labute approximate surface area is 138 Å². The van der Waals surface area contributed by atoms with Crippen LogP contribution in [0.3, 0.4) is 0 Å². The van der Waals surface area contributed by atoms with E-state index in [2.05, 4.69) is 10.2 Å². The Bertz CT molecular complexity index is 540. The summed E-state index contributed by atoms with van der Waals surface area (Å²) in [6.07, 6.45) is 9.22. The minimum Gasteiger partial charge on any atom is -0.369 e. The van der Waals surface area contributed by atoms with Crippen molar-refractivity contribution in [2.24, 2.45) is 5.92 Å². The fourth-order valence-corrected chi connectivity index (χ4v) is 3.90. The van der Waals surface area contributed by atoms with Gasteiger partial charge in [-0.25, -0.2) is 4.39 Å². The average molecular weight is 318 g/mol. The monoisotopic (exact) mass is 318 g/mol. The molecule has 3 rings (SSSR count). The number of halogens is 1. The third-order valence-electron chi connectivity index (χ3n) is 5.24. The molecule has 0 saturated heterocycles. The lowest BCUT2D eigenvalue weighted by Gasteiger charge is -2.21. The molecule has 1 fully saturated rings. The Kier molecular flexibility index (Phi) is 5.52. The Hall–Kier alpha value is -1.58. The molecule has 4 heteroatoms. The van der Waals surface area contributed by atoms with Crippen molar-refractivity contribution in [1.29, 1.82) is 0 Å². The lowest BCUT2D eigenvalue weighted by molar-refractivity contribution is -0.121. The molecule has 0 radical (unpaired) electrons. The second-order valence-electron chi connectivity index (χ2n) is 6.90. The van der Waals surface area contributed by atoms with Gasteiger partial charge in [-0.1, -0.05) is 32.1 Å². The van der Waals surface area contributed by atoms with Gasteiger partial charge in [-0.3, -0.25) is 4.79 Å². The molecule has 1 N–H and O–H groups in total. The van der Waals surface area contributed by atoms with Crippen molar-refractivity contribution in [2.75, 3.05) is 24.5 Å². The van der Waals surface area contributed by atoms with Crippen LogP contribution in [0, 0.1) is 11.7 Å². The van der Waals surface area contributed by atoms with Crippen molar-refractivity contribution in [3.63, 3.8) is 0 Å². The third kappa shape index (κ3) is 4.46. The summed E-state index contributed by atoms with van der Waals surface area (Å²) in [5.41, 5.74) is 2.19. The summed E-state index contributed by atoms with van der Waals surface area (Å²) in [5.74, 6) is 0.769. The maximum Gasteiger partial charge on any atom is 0.220 e. The zero-order chi connectivity index (χ0) is 16.1. The van der Waals surface area contributed by atoms with E-state index >= 15 is 0 Å². The van der Waals surface area contributed by atoms with Gasteiger partial charge in [0.15, 0.2) is 0 Å². The summed E-state index contributed by atoms with van der Waals surface area (Å²) in [4.78, 5) is 14.2. The SMILES string of the molecule is O=C(CCC1CCCCC1)NCCN1CCc2cc(F)ccc21. The van der Waals surface area contributed by atoms with E-state index < -0.39 is 0 Å². The van der Waals surface area contributed by atoms with Crippen LogP contribution in [0.4, 0.5) is 10.1 Å². The molecule has 1 aliphatic carbocycles. The van der Waals surface area contributed by atoms with Gasteiger partial charge in [0, 0.05) is 31.7 Å². The Morgan fingerprint density at radius 3 is 2.91 bits per heavy atom.